The van der Waals surface area contributed by atoms with Crippen LogP contribution in [-0.2, 0) is 4.74 Å². The summed E-state index contributed by atoms with van der Waals surface area (Å²) in [6.45, 7) is 13.2. The molecule has 2 nitrogen and oxygen atoms in total. The van der Waals surface area contributed by atoms with E-state index in [9.17, 15) is 0 Å². The van der Waals surface area contributed by atoms with E-state index in [1.54, 1.807) is 0 Å². The molecule has 0 saturated heterocycles. The van der Waals surface area contributed by atoms with Crippen molar-refractivity contribution >= 4 is 0 Å². The molecule has 1 aliphatic carbocycles. The molecule has 1 N–H and O–H groups in total. The zero-order valence-electron chi connectivity index (χ0n) is 10.4. The second-order valence-corrected chi connectivity index (χ2v) is 5.77. The molecule has 2 heteroatoms. The largest absolute Gasteiger partial charge is 0.377 e. The lowest BCUT2D eigenvalue weighted by molar-refractivity contribution is 0.125. The van der Waals surface area contributed by atoms with E-state index in [0.29, 0.717) is 12.0 Å². The zero-order valence-corrected chi connectivity index (χ0v) is 10.4. The first-order chi connectivity index (χ1) is 6.97. The number of hydrogen-bond acceptors (Lipinski definition) is 2. The molecule has 0 aliphatic heterocycles. The Hall–Kier alpha value is -0.340. The average molecular weight is 211 g/mol. The van der Waals surface area contributed by atoms with Gasteiger partial charge in [0.1, 0.15) is 0 Å². The normalized spacial score (nSPS) is 16.7. The number of ether oxygens (including phenoxy) is 1. The van der Waals surface area contributed by atoms with Gasteiger partial charge in [-0.05, 0) is 30.3 Å². The highest BCUT2D eigenvalue weighted by molar-refractivity contribution is 4.99. The number of nitrogens with one attached hydrogen (secondary N) is 1. The van der Waals surface area contributed by atoms with E-state index in [0.717, 1.165) is 31.2 Å². The first-order valence-corrected chi connectivity index (χ1v) is 5.95. The van der Waals surface area contributed by atoms with Gasteiger partial charge in [0.05, 0.1) is 6.61 Å². The molecule has 88 valence electrons. The average Bonchev–Trinajstić information content (AvgIpc) is 2.91. The molecule has 0 aromatic carbocycles. The highest BCUT2D eigenvalue weighted by Crippen LogP contribution is 2.19. The van der Waals surface area contributed by atoms with Gasteiger partial charge >= 0.3 is 0 Å². The van der Waals surface area contributed by atoms with Crippen LogP contribution >= 0.6 is 0 Å². The van der Waals surface area contributed by atoms with Crippen LogP contribution in [0.2, 0.25) is 0 Å². The fourth-order valence-corrected chi connectivity index (χ4v) is 1.22. The van der Waals surface area contributed by atoms with Crippen LogP contribution in [0.1, 0.15) is 40.0 Å². The zero-order chi connectivity index (χ0) is 11.3. The lowest BCUT2D eigenvalue weighted by Crippen LogP contribution is -2.21. The van der Waals surface area contributed by atoms with Crippen LogP contribution in [0.15, 0.2) is 12.2 Å². The number of hydrogen-bond donors (Lipinski definition) is 1. The molecule has 0 bridgehead atoms. The predicted molar refractivity (Wildman–Crippen MR) is 65.1 cm³/mol. The highest BCUT2D eigenvalue weighted by Gasteiger charge is 2.19. The van der Waals surface area contributed by atoms with Crippen LogP contribution in [-0.4, -0.2) is 25.8 Å². The molecule has 0 heterocycles. The molecule has 0 aromatic rings. The number of rotatable bonds is 7. The van der Waals surface area contributed by atoms with Crippen molar-refractivity contribution in [2.45, 2.75) is 46.1 Å². The van der Waals surface area contributed by atoms with Crippen LogP contribution in [0.5, 0.6) is 0 Å². The van der Waals surface area contributed by atoms with Crippen LogP contribution in [0, 0.1) is 5.41 Å². The van der Waals surface area contributed by atoms with E-state index in [1.807, 2.05) is 0 Å². The van der Waals surface area contributed by atoms with Crippen LogP contribution in [0.3, 0.4) is 0 Å². The molecular formula is C13H25NO. The standard InChI is InChI=1S/C13H25NO/c1-11(9-14-12-5-6-12)10-15-8-7-13(2,3)4/h12,14H,1,5-10H2,2-4H3. The Balaban J connectivity index is 1.91. The summed E-state index contributed by atoms with van der Waals surface area (Å²) in [6.07, 6.45) is 3.77. The first-order valence-electron chi connectivity index (χ1n) is 5.95. The van der Waals surface area contributed by atoms with E-state index in [2.05, 4.69) is 32.7 Å². The Kier molecular flexibility index (Phi) is 4.81. The molecule has 15 heavy (non-hydrogen) atoms. The summed E-state index contributed by atoms with van der Waals surface area (Å²) in [7, 11) is 0. The quantitative estimate of drug-likeness (QED) is 0.516. The van der Waals surface area contributed by atoms with Gasteiger partial charge in [-0.25, -0.2) is 0 Å². The molecule has 0 radical (unpaired) electrons. The van der Waals surface area contributed by atoms with Crippen molar-refractivity contribution in [1.29, 1.82) is 0 Å². The van der Waals surface area contributed by atoms with Crippen molar-refractivity contribution in [1.82, 2.24) is 5.32 Å². The summed E-state index contributed by atoms with van der Waals surface area (Å²) in [5.74, 6) is 0. The van der Waals surface area contributed by atoms with Crippen molar-refractivity contribution in [3.8, 4) is 0 Å². The second kappa shape index (κ2) is 5.66. The maximum absolute atomic E-state index is 5.58. The second-order valence-electron chi connectivity index (χ2n) is 5.77. The van der Waals surface area contributed by atoms with Gasteiger partial charge in [-0.1, -0.05) is 27.4 Å². The summed E-state index contributed by atoms with van der Waals surface area (Å²) >= 11 is 0. The van der Waals surface area contributed by atoms with Crippen molar-refractivity contribution < 1.29 is 4.74 Å². The van der Waals surface area contributed by atoms with E-state index < -0.39 is 0 Å². The third-order valence-electron chi connectivity index (χ3n) is 2.52. The highest BCUT2D eigenvalue weighted by atomic mass is 16.5. The maximum atomic E-state index is 5.58. The molecular weight excluding hydrogens is 186 g/mol. The van der Waals surface area contributed by atoms with Crippen molar-refractivity contribution in [2.24, 2.45) is 5.41 Å². The lowest BCUT2D eigenvalue weighted by atomic mass is 9.93. The Bertz CT molecular complexity index is 201. The Morgan fingerprint density at radius 3 is 2.60 bits per heavy atom. The van der Waals surface area contributed by atoms with Crippen LogP contribution in [0.4, 0.5) is 0 Å². The minimum absolute atomic E-state index is 0.369. The summed E-state index contributed by atoms with van der Waals surface area (Å²) in [5.41, 5.74) is 1.53. The van der Waals surface area contributed by atoms with Crippen LogP contribution < -0.4 is 5.32 Å². The minimum Gasteiger partial charge on any atom is -0.377 e. The lowest BCUT2D eigenvalue weighted by Gasteiger charge is -2.18. The SMILES string of the molecule is C=C(CNC1CC1)COCCC(C)(C)C. The molecule has 1 fully saturated rings. The van der Waals surface area contributed by atoms with Crippen molar-refractivity contribution in [3.63, 3.8) is 0 Å². The van der Waals surface area contributed by atoms with Gasteiger partial charge in [-0.3, -0.25) is 0 Å². The third-order valence-corrected chi connectivity index (χ3v) is 2.52. The molecule has 1 aliphatic rings. The summed E-state index contributed by atoms with van der Waals surface area (Å²) in [4.78, 5) is 0. The van der Waals surface area contributed by atoms with Gasteiger partial charge in [-0.15, -0.1) is 0 Å². The molecule has 0 atom stereocenters. The van der Waals surface area contributed by atoms with Gasteiger partial charge in [0.15, 0.2) is 0 Å². The molecule has 0 aromatic heterocycles. The van der Waals surface area contributed by atoms with E-state index in [1.165, 1.54) is 12.8 Å². The van der Waals surface area contributed by atoms with Gasteiger partial charge in [-0.2, -0.15) is 0 Å². The van der Waals surface area contributed by atoms with E-state index in [4.69, 9.17) is 4.74 Å². The smallest absolute Gasteiger partial charge is 0.0686 e. The van der Waals surface area contributed by atoms with Gasteiger partial charge in [0, 0.05) is 19.2 Å². The summed E-state index contributed by atoms with van der Waals surface area (Å²) in [6, 6.07) is 0.760. The molecule has 0 unspecified atom stereocenters. The fraction of sp³-hybridized carbons (Fsp3) is 0.846. The molecule has 0 amide bonds. The Labute approximate surface area is 94.1 Å². The summed E-state index contributed by atoms with van der Waals surface area (Å²) < 4.78 is 5.58. The molecule has 1 rings (SSSR count). The van der Waals surface area contributed by atoms with Crippen molar-refractivity contribution in [3.05, 3.63) is 12.2 Å². The van der Waals surface area contributed by atoms with Gasteiger partial charge in [0.2, 0.25) is 0 Å². The van der Waals surface area contributed by atoms with Crippen molar-refractivity contribution in [2.75, 3.05) is 19.8 Å². The van der Waals surface area contributed by atoms with Gasteiger partial charge < -0.3 is 10.1 Å². The maximum Gasteiger partial charge on any atom is 0.0686 e. The van der Waals surface area contributed by atoms with Crippen LogP contribution in [0.25, 0.3) is 0 Å². The third kappa shape index (κ3) is 7.57. The molecule has 1 saturated carbocycles. The summed E-state index contributed by atoms with van der Waals surface area (Å²) in [5, 5.41) is 3.43. The Morgan fingerprint density at radius 2 is 2.07 bits per heavy atom. The van der Waals surface area contributed by atoms with E-state index in [-0.39, 0.29) is 0 Å². The first kappa shape index (κ1) is 12.7. The molecule has 0 spiro atoms. The fourth-order valence-electron chi connectivity index (χ4n) is 1.22. The topological polar surface area (TPSA) is 21.3 Å². The monoisotopic (exact) mass is 211 g/mol. The minimum atomic E-state index is 0.369. The van der Waals surface area contributed by atoms with E-state index >= 15 is 0 Å². The Morgan fingerprint density at radius 1 is 1.40 bits per heavy atom. The predicted octanol–water partition coefficient (Wildman–Crippen LogP) is 2.75. The van der Waals surface area contributed by atoms with Gasteiger partial charge in [0.25, 0.3) is 0 Å².